The molecule has 1 aliphatic rings. The van der Waals surface area contributed by atoms with Crippen LogP contribution in [0.5, 0.6) is 0 Å². The first-order valence-corrected chi connectivity index (χ1v) is 5.73. The van der Waals surface area contributed by atoms with E-state index in [1.165, 1.54) is 6.92 Å². The molecule has 1 N–H and O–H groups in total. The molecule has 0 aromatic carbocycles. The summed E-state index contributed by atoms with van der Waals surface area (Å²) in [5.41, 5.74) is -0.299. The van der Waals surface area contributed by atoms with Gasteiger partial charge in [-0.05, 0) is 6.92 Å². The lowest BCUT2D eigenvalue weighted by Gasteiger charge is -2.25. The van der Waals surface area contributed by atoms with Gasteiger partial charge in [0.1, 0.15) is 5.25 Å². The zero-order chi connectivity index (χ0) is 11.9. The van der Waals surface area contributed by atoms with Crippen LogP contribution in [-0.2, 0) is 10.1 Å². The molecule has 84 valence electrons. The molecule has 1 aliphatic carbocycles. The second-order valence-corrected chi connectivity index (χ2v) is 5.62. The molecule has 0 amide bonds. The van der Waals surface area contributed by atoms with Gasteiger partial charge in [0, 0.05) is 12.2 Å². The minimum absolute atomic E-state index is 0.299. The first kappa shape index (κ1) is 12.2. The lowest BCUT2D eigenvalue weighted by atomic mass is 10.00. The van der Waals surface area contributed by atoms with Gasteiger partial charge < -0.3 is 0 Å². The van der Waals surface area contributed by atoms with E-state index < -0.39 is 25.2 Å². The Hall–Kier alpha value is -0.920. The molecular formula is C7H8ClNO5S. The van der Waals surface area contributed by atoms with E-state index in [1.807, 2.05) is 0 Å². The summed E-state index contributed by atoms with van der Waals surface area (Å²) in [7, 11) is -4.37. The van der Waals surface area contributed by atoms with Gasteiger partial charge >= 0.3 is 0 Å². The fourth-order valence-corrected chi connectivity index (χ4v) is 2.75. The highest BCUT2D eigenvalue weighted by Crippen LogP contribution is 2.32. The van der Waals surface area contributed by atoms with Gasteiger partial charge in [0.25, 0.3) is 15.8 Å². The average Bonchev–Trinajstić information content (AvgIpc) is 1.99. The fourth-order valence-electron chi connectivity index (χ4n) is 1.30. The minimum atomic E-state index is -4.37. The molecule has 0 aliphatic heterocycles. The molecule has 0 fully saturated rings. The van der Waals surface area contributed by atoms with Crippen molar-refractivity contribution in [2.75, 3.05) is 0 Å². The summed E-state index contributed by atoms with van der Waals surface area (Å²) in [6.45, 7) is 1.28. The second kappa shape index (κ2) is 3.58. The molecule has 6 nitrogen and oxygen atoms in total. The van der Waals surface area contributed by atoms with Gasteiger partial charge in [-0.3, -0.25) is 14.7 Å². The Labute approximate surface area is 91.1 Å². The van der Waals surface area contributed by atoms with Crippen LogP contribution in [-0.4, -0.2) is 28.0 Å². The van der Waals surface area contributed by atoms with Crippen molar-refractivity contribution in [1.82, 2.24) is 0 Å². The highest BCUT2D eigenvalue weighted by atomic mass is 35.5. The molecule has 2 unspecified atom stereocenters. The summed E-state index contributed by atoms with van der Waals surface area (Å²) in [5, 5.41) is 9.03. The third kappa shape index (κ3) is 2.55. The quantitative estimate of drug-likeness (QED) is 0.342. The predicted molar refractivity (Wildman–Crippen MR) is 53.8 cm³/mol. The van der Waals surface area contributed by atoms with E-state index in [9.17, 15) is 18.5 Å². The SMILES string of the molecule is CC1(Cl)C=C([N+](=O)[O-])C=CC1S(=O)(=O)O. The van der Waals surface area contributed by atoms with E-state index >= 15 is 0 Å². The molecule has 0 aromatic heterocycles. The van der Waals surface area contributed by atoms with Gasteiger partial charge in [0.15, 0.2) is 0 Å². The van der Waals surface area contributed by atoms with Crippen LogP contribution in [0.25, 0.3) is 0 Å². The fraction of sp³-hybridized carbons (Fsp3) is 0.429. The Morgan fingerprint density at radius 1 is 1.67 bits per heavy atom. The average molecular weight is 254 g/mol. The second-order valence-electron chi connectivity index (χ2n) is 3.27. The summed E-state index contributed by atoms with van der Waals surface area (Å²) < 4.78 is 30.6. The number of rotatable bonds is 2. The van der Waals surface area contributed by atoms with Gasteiger partial charge in [0.05, 0.1) is 9.80 Å². The third-order valence-corrected chi connectivity index (χ3v) is 3.72. The number of nitro groups is 1. The van der Waals surface area contributed by atoms with Crippen molar-refractivity contribution in [3.05, 3.63) is 34.0 Å². The molecule has 1 rings (SSSR count). The molecule has 0 spiro atoms. The van der Waals surface area contributed by atoms with Crippen LogP contribution in [0.3, 0.4) is 0 Å². The highest BCUT2D eigenvalue weighted by Gasteiger charge is 2.41. The van der Waals surface area contributed by atoms with Gasteiger partial charge in [-0.25, -0.2) is 0 Å². The van der Waals surface area contributed by atoms with Crippen LogP contribution < -0.4 is 0 Å². The summed E-state index contributed by atoms with van der Waals surface area (Å²) in [4.78, 5) is 8.21. The van der Waals surface area contributed by atoms with Crippen LogP contribution in [0, 0.1) is 10.1 Å². The van der Waals surface area contributed by atoms with Crippen molar-refractivity contribution in [1.29, 1.82) is 0 Å². The van der Waals surface area contributed by atoms with Crippen LogP contribution >= 0.6 is 11.6 Å². The van der Waals surface area contributed by atoms with Crippen LogP contribution in [0.4, 0.5) is 0 Å². The standard InChI is InChI=1S/C7H8ClNO5S/c1-7(8)4-5(9(10)11)2-3-6(7)15(12,13)14/h2-4,6H,1H3,(H,12,13,14). The first-order chi connectivity index (χ1) is 6.64. The molecule has 2 atom stereocenters. The summed E-state index contributed by atoms with van der Waals surface area (Å²) in [6.07, 6.45) is 3.00. The number of allylic oxidation sites excluding steroid dienone is 2. The van der Waals surface area contributed by atoms with E-state index in [1.54, 1.807) is 0 Å². The molecule has 15 heavy (non-hydrogen) atoms. The number of alkyl halides is 1. The van der Waals surface area contributed by atoms with Crippen molar-refractivity contribution in [2.24, 2.45) is 0 Å². The largest absolute Gasteiger partial charge is 0.285 e. The van der Waals surface area contributed by atoms with Crippen LogP contribution in [0.2, 0.25) is 0 Å². The Bertz CT molecular complexity index is 450. The normalized spacial score (nSPS) is 31.1. The Balaban J connectivity index is 3.17. The summed E-state index contributed by atoms with van der Waals surface area (Å²) >= 11 is 5.79. The number of hydrogen-bond acceptors (Lipinski definition) is 4. The van der Waals surface area contributed by atoms with Crippen molar-refractivity contribution in [2.45, 2.75) is 17.0 Å². The number of hydrogen-bond donors (Lipinski definition) is 1. The predicted octanol–water partition coefficient (Wildman–Crippen LogP) is 0.971. The summed E-state index contributed by atoms with van der Waals surface area (Å²) in [6, 6.07) is 0. The van der Waals surface area contributed by atoms with Crippen molar-refractivity contribution < 1.29 is 17.9 Å². The van der Waals surface area contributed by atoms with Crippen LogP contribution in [0.15, 0.2) is 23.9 Å². The van der Waals surface area contributed by atoms with E-state index in [2.05, 4.69) is 0 Å². The van der Waals surface area contributed by atoms with Crippen molar-refractivity contribution in [3.8, 4) is 0 Å². The number of halogens is 1. The maximum atomic E-state index is 10.9. The topological polar surface area (TPSA) is 97.5 Å². The number of nitrogens with zero attached hydrogens (tertiary/aromatic N) is 1. The lowest BCUT2D eigenvalue weighted by Crippen LogP contribution is -2.39. The zero-order valence-corrected chi connectivity index (χ0v) is 9.20. The van der Waals surface area contributed by atoms with Gasteiger partial charge in [-0.1, -0.05) is 6.08 Å². The van der Waals surface area contributed by atoms with E-state index in [0.717, 1.165) is 18.2 Å². The highest BCUT2D eigenvalue weighted by molar-refractivity contribution is 7.86. The van der Waals surface area contributed by atoms with Crippen molar-refractivity contribution in [3.63, 3.8) is 0 Å². The maximum absolute atomic E-state index is 10.9. The minimum Gasteiger partial charge on any atom is -0.285 e. The third-order valence-electron chi connectivity index (χ3n) is 1.96. The van der Waals surface area contributed by atoms with Gasteiger partial charge in [0.2, 0.25) is 0 Å². The van der Waals surface area contributed by atoms with E-state index in [-0.39, 0.29) is 5.70 Å². The molecule has 0 bridgehead atoms. The van der Waals surface area contributed by atoms with E-state index in [4.69, 9.17) is 16.2 Å². The molecule has 0 radical (unpaired) electrons. The maximum Gasteiger partial charge on any atom is 0.273 e. The smallest absolute Gasteiger partial charge is 0.273 e. The molecular weight excluding hydrogens is 246 g/mol. The molecule has 0 aromatic rings. The van der Waals surface area contributed by atoms with E-state index in [0.29, 0.717) is 0 Å². The Morgan fingerprint density at radius 3 is 2.53 bits per heavy atom. The van der Waals surface area contributed by atoms with Gasteiger partial charge in [-0.2, -0.15) is 8.42 Å². The monoisotopic (exact) mass is 253 g/mol. The lowest BCUT2D eigenvalue weighted by molar-refractivity contribution is -0.419. The zero-order valence-electron chi connectivity index (χ0n) is 7.62. The summed E-state index contributed by atoms with van der Waals surface area (Å²) in [5.74, 6) is 0. The molecule has 0 saturated heterocycles. The van der Waals surface area contributed by atoms with Crippen LogP contribution in [0.1, 0.15) is 6.92 Å². The van der Waals surface area contributed by atoms with Gasteiger partial charge in [-0.15, -0.1) is 11.6 Å². The Kier molecular flexibility index (Phi) is 2.90. The van der Waals surface area contributed by atoms with Crippen molar-refractivity contribution >= 4 is 21.7 Å². The molecule has 8 heteroatoms. The molecule has 0 heterocycles. The first-order valence-electron chi connectivity index (χ1n) is 3.85. The Morgan fingerprint density at radius 2 is 2.20 bits per heavy atom. The molecule has 0 saturated carbocycles.